The van der Waals surface area contributed by atoms with Crippen molar-refractivity contribution in [3.63, 3.8) is 0 Å². The molecule has 0 saturated heterocycles. The van der Waals surface area contributed by atoms with Gasteiger partial charge in [-0.3, -0.25) is 4.57 Å². The lowest BCUT2D eigenvalue weighted by Crippen LogP contribution is -2.74. The molecular formula is C46H37N5Si. The summed E-state index contributed by atoms with van der Waals surface area (Å²) in [6, 6.07) is 62.0. The molecule has 2 aromatic heterocycles. The van der Waals surface area contributed by atoms with E-state index in [0.717, 1.165) is 34.3 Å². The van der Waals surface area contributed by atoms with Crippen LogP contribution in [0.4, 0.5) is 17.1 Å². The van der Waals surface area contributed by atoms with E-state index in [1.165, 1.54) is 37.8 Å². The first-order valence-corrected chi connectivity index (χ1v) is 19.8. The maximum atomic E-state index is 9.85. The number of anilines is 3. The lowest BCUT2D eigenvalue weighted by atomic mass is 10.1. The fourth-order valence-electron chi connectivity index (χ4n) is 8.24. The molecule has 6 aromatic carbocycles. The van der Waals surface area contributed by atoms with Crippen LogP contribution in [-0.4, -0.2) is 30.3 Å². The zero-order valence-corrected chi connectivity index (χ0v) is 30.2. The van der Waals surface area contributed by atoms with Crippen molar-refractivity contribution in [2.24, 2.45) is 0 Å². The smallest absolute Gasteiger partial charge is 0.179 e. The van der Waals surface area contributed by atoms with E-state index in [4.69, 9.17) is 4.98 Å². The van der Waals surface area contributed by atoms with E-state index in [0.29, 0.717) is 11.6 Å². The SMILES string of the molecule is CC(C)N1CN(c2cccc([Si](c3ccccc3)(c3ccccc3)c3ccc4c5cc(C#N)ccc5n(-c5ccccn5)c4c3)c2)c2ccccc21. The number of hydrogen-bond donors (Lipinski definition) is 0. The minimum Gasteiger partial charge on any atom is -0.349 e. The van der Waals surface area contributed by atoms with Crippen molar-refractivity contribution in [3.8, 4) is 11.9 Å². The van der Waals surface area contributed by atoms with Gasteiger partial charge >= 0.3 is 0 Å². The van der Waals surface area contributed by atoms with Crippen LogP contribution >= 0.6 is 0 Å². The molecule has 0 spiro atoms. The number of nitriles is 1. The van der Waals surface area contributed by atoms with Gasteiger partial charge in [-0.05, 0) is 95.3 Å². The Labute approximate surface area is 305 Å². The van der Waals surface area contributed by atoms with Crippen LogP contribution < -0.4 is 30.5 Å². The molecule has 6 heteroatoms. The second-order valence-electron chi connectivity index (χ2n) is 13.8. The van der Waals surface area contributed by atoms with Gasteiger partial charge in [0, 0.05) is 28.7 Å². The normalized spacial score (nSPS) is 12.8. The van der Waals surface area contributed by atoms with E-state index >= 15 is 0 Å². The number of pyridine rings is 1. The molecule has 52 heavy (non-hydrogen) atoms. The number of hydrogen-bond acceptors (Lipinski definition) is 4. The second kappa shape index (κ2) is 12.7. The third-order valence-electron chi connectivity index (χ3n) is 10.6. The molecule has 0 radical (unpaired) electrons. The van der Waals surface area contributed by atoms with Crippen LogP contribution in [0, 0.1) is 11.3 Å². The predicted octanol–water partition coefficient (Wildman–Crippen LogP) is 7.75. The van der Waals surface area contributed by atoms with Crippen molar-refractivity contribution in [2.75, 3.05) is 16.5 Å². The first kappa shape index (κ1) is 31.6. The van der Waals surface area contributed by atoms with Crippen molar-refractivity contribution in [2.45, 2.75) is 19.9 Å². The summed E-state index contributed by atoms with van der Waals surface area (Å²) in [7, 11) is -2.95. The van der Waals surface area contributed by atoms with Gasteiger partial charge in [0.15, 0.2) is 8.07 Å². The molecular weight excluding hydrogens is 651 g/mol. The second-order valence-corrected chi connectivity index (χ2v) is 17.6. The first-order valence-electron chi connectivity index (χ1n) is 17.8. The molecule has 1 aliphatic heterocycles. The van der Waals surface area contributed by atoms with E-state index in [2.05, 4.69) is 174 Å². The van der Waals surface area contributed by atoms with Crippen LogP contribution in [0.15, 0.2) is 170 Å². The van der Waals surface area contributed by atoms with E-state index in [1.54, 1.807) is 0 Å². The molecule has 9 rings (SSSR count). The van der Waals surface area contributed by atoms with E-state index in [-0.39, 0.29) is 0 Å². The maximum absolute atomic E-state index is 9.85. The summed E-state index contributed by atoms with van der Waals surface area (Å²) < 4.78 is 2.25. The Hall–Kier alpha value is -6.42. The van der Waals surface area contributed by atoms with E-state index in [9.17, 15) is 5.26 Å². The largest absolute Gasteiger partial charge is 0.349 e. The predicted molar refractivity (Wildman–Crippen MR) is 218 cm³/mol. The highest BCUT2D eigenvalue weighted by Crippen LogP contribution is 2.41. The average molecular weight is 688 g/mol. The summed E-state index contributed by atoms with van der Waals surface area (Å²) in [5.41, 5.74) is 6.43. The van der Waals surface area contributed by atoms with Gasteiger partial charge in [0.05, 0.1) is 40.7 Å². The van der Waals surface area contributed by atoms with Gasteiger partial charge in [-0.25, -0.2) is 4.98 Å². The molecule has 0 bridgehead atoms. The summed E-state index contributed by atoms with van der Waals surface area (Å²) in [6.07, 6.45) is 1.84. The molecule has 5 nitrogen and oxygen atoms in total. The zero-order chi connectivity index (χ0) is 35.2. The van der Waals surface area contributed by atoms with Crippen LogP contribution in [0.3, 0.4) is 0 Å². The monoisotopic (exact) mass is 687 g/mol. The Morgan fingerprint density at radius 3 is 1.96 bits per heavy atom. The third kappa shape index (κ3) is 4.93. The fourth-order valence-corrected chi connectivity index (χ4v) is 13.0. The van der Waals surface area contributed by atoms with Gasteiger partial charge in [0.25, 0.3) is 0 Å². The van der Waals surface area contributed by atoms with Crippen LogP contribution in [0.2, 0.25) is 0 Å². The van der Waals surface area contributed by atoms with Gasteiger partial charge in [-0.2, -0.15) is 5.26 Å². The van der Waals surface area contributed by atoms with Crippen LogP contribution in [0.25, 0.3) is 27.6 Å². The number of nitrogens with zero attached hydrogens (tertiary/aromatic N) is 5. The molecule has 0 fully saturated rings. The molecule has 8 aromatic rings. The Morgan fingerprint density at radius 2 is 1.27 bits per heavy atom. The number of aromatic nitrogens is 2. The first-order chi connectivity index (χ1) is 25.6. The topological polar surface area (TPSA) is 48.1 Å². The van der Waals surface area contributed by atoms with Gasteiger partial charge in [0.2, 0.25) is 0 Å². The average Bonchev–Trinajstić information content (AvgIpc) is 3.76. The van der Waals surface area contributed by atoms with Gasteiger partial charge in [0.1, 0.15) is 5.82 Å². The molecule has 0 amide bonds. The third-order valence-corrected chi connectivity index (χ3v) is 15.4. The fraction of sp³-hybridized carbons (Fsp3) is 0.0870. The lowest BCUT2D eigenvalue weighted by molar-refractivity contribution is 0.709. The molecule has 3 heterocycles. The molecule has 0 unspecified atom stereocenters. The minimum atomic E-state index is -2.95. The Kier molecular flexibility index (Phi) is 7.72. The molecule has 250 valence electrons. The standard InChI is InChI=1S/C46H37N5Si/c1-33(2)49-32-50(44-21-10-9-20-43(44)49)35-14-13-19-38(29-35)52(36-15-5-3-6-16-36,37-17-7-4-8-18-37)39-24-25-40-41-28-34(31-47)23-26-42(41)51(45(40)30-39)46-22-11-12-27-48-46/h3-30,33H,32H2,1-2H3. The van der Waals surface area contributed by atoms with Gasteiger partial charge in [-0.15, -0.1) is 0 Å². The number of benzene rings is 6. The Bertz CT molecular complexity index is 2570. The number of rotatable bonds is 7. The minimum absolute atomic E-state index is 0.373. The van der Waals surface area contributed by atoms with Gasteiger partial charge in [-0.1, -0.05) is 103 Å². The summed E-state index contributed by atoms with van der Waals surface area (Å²) in [5.74, 6) is 0.848. The van der Waals surface area contributed by atoms with Crippen molar-refractivity contribution < 1.29 is 0 Å². The zero-order valence-electron chi connectivity index (χ0n) is 29.2. The summed E-state index contributed by atoms with van der Waals surface area (Å²) in [6.45, 7) is 5.33. The van der Waals surface area contributed by atoms with Crippen LogP contribution in [0.5, 0.6) is 0 Å². The van der Waals surface area contributed by atoms with Crippen LogP contribution in [-0.2, 0) is 0 Å². The lowest BCUT2D eigenvalue weighted by Gasteiger charge is -2.35. The van der Waals surface area contributed by atoms with Crippen LogP contribution in [0.1, 0.15) is 19.4 Å². The van der Waals surface area contributed by atoms with Gasteiger partial charge < -0.3 is 9.80 Å². The maximum Gasteiger partial charge on any atom is 0.179 e. The Balaban J connectivity index is 1.35. The highest BCUT2D eigenvalue weighted by atomic mass is 28.3. The molecule has 0 saturated carbocycles. The van der Waals surface area contributed by atoms with Crippen molar-refractivity contribution in [1.29, 1.82) is 5.26 Å². The summed E-state index contributed by atoms with van der Waals surface area (Å²) >= 11 is 0. The number of fused-ring (bicyclic) bond motifs is 4. The number of para-hydroxylation sites is 2. The van der Waals surface area contributed by atoms with Crippen molar-refractivity contribution >= 4 is 67.7 Å². The van der Waals surface area contributed by atoms with Crippen molar-refractivity contribution in [1.82, 2.24) is 9.55 Å². The highest BCUT2D eigenvalue weighted by molar-refractivity contribution is 7.20. The van der Waals surface area contributed by atoms with E-state index in [1.807, 2.05) is 30.5 Å². The molecule has 0 N–H and O–H groups in total. The van der Waals surface area contributed by atoms with E-state index < -0.39 is 8.07 Å². The summed E-state index contributed by atoms with van der Waals surface area (Å²) in [4.78, 5) is 9.76. The Morgan fingerprint density at radius 1 is 0.596 bits per heavy atom. The molecule has 0 aliphatic carbocycles. The molecule has 1 aliphatic rings. The highest BCUT2D eigenvalue weighted by Gasteiger charge is 2.42. The van der Waals surface area contributed by atoms with Crippen molar-refractivity contribution in [3.05, 3.63) is 176 Å². The quantitative estimate of drug-likeness (QED) is 0.127. The molecule has 0 atom stereocenters. The summed E-state index contributed by atoms with van der Waals surface area (Å²) in [5, 5.41) is 17.2.